The van der Waals surface area contributed by atoms with E-state index in [9.17, 15) is 5.11 Å². The minimum atomic E-state index is -0.489. The Morgan fingerprint density at radius 3 is 2.44 bits per heavy atom. The van der Waals surface area contributed by atoms with Gasteiger partial charge < -0.3 is 10.4 Å². The Bertz CT molecular complexity index is 504. The summed E-state index contributed by atoms with van der Waals surface area (Å²) in [5, 5.41) is 15.2. The van der Waals surface area contributed by atoms with Crippen molar-refractivity contribution in [2.75, 3.05) is 6.54 Å². The van der Waals surface area contributed by atoms with E-state index >= 15 is 0 Å². The van der Waals surface area contributed by atoms with Crippen molar-refractivity contribution in [3.63, 3.8) is 0 Å². The molecule has 144 valence electrons. The molecule has 0 bridgehead atoms. The standard InChI is InChI=1S/C23H41NO/c1-16(2)24-15-23(25)14-11-20-18-9-8-17-7-5-6-12-21(17,3)19(18)10-13-22(20,23)4/h16-20,24-25H,5-15H2,1-4H3/t17-,18+,19-,20-,21+,22+,23+/m1/s1. The van der Waals surface area contributed by atoms with Crippen molar-refractivity contribution in [2.24, 2.45) is 34.5 Å². The molecule has 4 aliphatic rings. The van der Waals surface area contributed by atoms with Gasteiger partial charge in [-0.2, -0.15) is 0 Å². The molecule has 0 aliphatic heterocycles. The highest BCUT2D eigenvalue weighted by Crippen LogP contribution is 2.68. The number of nitrogens with one attached hydrogen (secondary N) is 1. The number of hydrogen-bond donors (Lipinski definition) is 2. The lowest BCUT2D eigenvalue weighted by atomic mass is 9.44. The highest BCUT2D eigenvalue weighted by Gasteiger charge is 2.64. The van der Waals surface area contributed by atoms with Crippen molar-refractivity contribution >= 4 is 0 Å². The van der Waals surface area contributed by atoms with Crippen molar-refractivity contribution in [2.45, 2.75) is 104 Å². The lowest BCUT2D eigenvalue weighted by Gasteiger charge is -2.61. The molecule has 2 heteroatoms. The third kappa shape index (κ3) is 2.64. The zero-order valence-corrected chi connectivity index (χ0v) is 17.1. The number of rotatable bonds is 3. The minimum absolute atomic E-state index is 0.133. The van der Waals surface area contributed by atoms with Gasteiger partial charge in [0.1, 0.15) is 0 Å². The molecule has 0 spiro atoms. The molecule has 2 N–H and O–H groups in total. The van der Waals surface area contributed by atoms with Gasteiger partial charge in [0.2, 0.25) is 0 Å². The molecular weight excluding hydrogens is 306 g/mol. The quantitative estimate of drug-likeness (QED) is 0.740. The molecule has 0 radical (unpaired) electrons. The average molecular weight is 348 g/mol. The first kappa shape index (κ1) is 18.3. The molecule has 0 aromatic heterocycles. The fourth-order valence-corrected chi connectivity index (χ4v) is 8.07. The van der Waals surface area contributed by atoms with Crippen LogP contribution in [0.15, 0.2) is 0 Å². The molecule has 0 amide bonds. The van der Waals surface area contributed by atoms with E-state index in [1.165, 1.54) is 57.8 Å². The van der Waals surface area contributed by atoms with Gasteiger partial charge in [0.25, 0.3) is 0 Å². The number of fused-ring (bicyclic) bond motifs is 5. The maximum absolute atomic E-state index is 11.6. The molecule has 25 heavy (non-hydrogen) atoms. The molecule has 0 aromatic rings. The van der Waals surface area contributed by atoms with Crippen LogP contribution in [0.5, 0.6) is 0 Å². The summed E-state index contributed by atoms with van der Waals surface area (Å²) in [6.45, 7) is 10.3. The first-order valence-electron chi connectivity index (χ1n) is 11.3. The zero-order valence-electron chi connectivity index (χ0n) is 17.1. The topological polar surface area (TPSA) is 32.3 Å². The molecule has 4 aliphatic carbocycles. The molecular formula is C23H41NO. The van der Waals surface area contributed by atoms with Crippen LogP contribution in [-0.2, 0) is 0 Å². The van der Waals surface area contributed by atoms with Crippen LogP contribution < -0.4 is 5.32 Å². The van der Waals surface area contributed by atoms with E-state index in [0.29, 0.717) is 11.5 Å². The molecule has 0 unspecified atom stereocenters. The van der Waals surface area contributed by atoms with Gasteiger partial charge in [0.15, 0.2) is 0 Å². The predicted octanol–water partition coefficient (Wildman–Crippen LogP) is 5.15. The van der Waals surface area contributed by atoms with Crippen molar-refractivity contribution in [3.8, 4) is 0 Å². The third-order valence-electron chi connectivity index (χ3n) is 9.71. The Kier molecular flexibility index (Phi) is 4.56. The van der Waals surface area contributed by atoms with Gasteiger partial charge in [-0.15, -0.1) is 0 Å². The van der Waals surface area contributed by atoms with Gasteiger partial charge in [-0.25, -0.2) is 0 Å². The molecule has 0 aromatic carbocycles. The highest BCUT2D eigenvalue weighted by atomic mass is 16.3. The summed E-state index contributed by atoms with van der Waals surface area (Å²) < 4.78 is 0. The normalized spacial score (nSPS) is 52.6. The number of aliphatic hydroxyl groups is 1. The molecule has 2 nitrogen and oxygen atoms in total. The Balaban J connectivity index is 1.57. The van der Waals surface area contributed by atoms with Crippen molar-refractivity contribution in [3.05, 3.63) is 0 Å². The summed E-state index contributed by atoms with van der Waals surface area (Å²) in [6, 6.07) is 0.458. The largest absolute Gasteiger partial charge is 0.388 e. The van der Waals surface area contributed by atoms with Gasteiger partial charge >= 0.3 is 0 Å². The minimum Gasteiger partial charge on any atom is -0.388 e. The molecule has 4 saturated carbocycles. The van der Waals surface area contributed by atoms with E-state index in [4.69, 9.17) is 0 Å². The summed E-state index contributed by atoms with van der Waals surface area (Å²) in [7, 11) is 0. The lowest BCUT2D eigenvalue weighted by molar-refractivity contribution is -0.150. The molecule has 4 rings (SSSR count). The van der Waals surface area contributed by atoms with Crippen molar-refractivity contribution in [1.29, 1.82) is 0 Å². The van der Waals surface area contributed by atoms with Crippen LogP contribution in [0.2, 0.25) is 0 Å². The second-order valence-corrected chi connectivity index (χ2v) is 11.0. The maximum atomic E-state index is 11.6. The monoisotopic (exact) mass is 347 g/mol. The smallest absolute Gasteiger partial charge is 0.0827 e. The van der Waals surface area contributed by atoms with Gasteiger partial charge in [-0.3, -0.25) is 0 Å². The Hall–Kier alpha value is -0.0800. The fourth-order valence-electron chi connectivity index (χ4n) is 8.07. The van der Waals surface area contributed by atoms with Crippen LogP contribution in [0.3, 0.4) is 0 Å². The Morgan fingerprint density at radius 1 is 0.920 bits per heavy atom. The summed E-state index contributed by atoms with van der Waals surface area (Å²) in [4.78, 5) is 0. The SMILES string of the molecule is CC(C)NC[C@@]1(O)CC[C@@H]2[C@H]3CC[C@H]4CCCC[C@]4(C)[C@@H]3CC[C@@]21C. The van der Waals surface area contributed by atoms with E-state index < -0.39 is 5.60 Å². The summed E-state index contributed by atoms with van der Waals surface area (Å²) >= 11 is 0. The van der Waals surface area contributed by atoms with E-state index in [0.717, 1.165) is 36.6 Å². The van der Waals surface area contributed by atoms with Crippen molar-refractivity contribution < 1.29 is 5.11 Å². The summed E-state index contributed by atoms with van der Waals surface area (Å²) in [5.74, 6) is 3.57. The zero-order chi connectivity index (χ0) is 17.9. The molecule has 7 atom stereocenters. The van der Waals surface area contributed by atoms with E-state index in [1.54, 1.807) is 0 Å². The van der Waals surface area contributed by atoms with E-state index in [2.05, 4.69) is 33.0 Å². The van der Waals surface area contributed by atoms with Crippen LogP contribution in [0.4, 0.5) is 0 Å². The fraction of sp³-hybridized carbons (Fsp3) is 1.00. The van der Waals surface area contributed by atoms with Crippen LogP contribution in [0.1, 0.15) is 91.9 Å². The maximum Gasteiger partial charge on any atom is 0.0827 e. The van der Waals surface area contributed by atoms with E-state index in [1.807, 2.05) is 0 Å². The van der Waals surface area contributed by atoms with Crippen LogP contribution >= 0.6 is 0 Å². The second kappa shape index (κ2) is 6.23. The van der Waals surface area contributed by atoms with Gasteiger partial charge in [-0.1, -0.05) is 40.5 Å². The number of hydrogen-bond acceptors (Lipinski definition) is 2. The second-order valence-electron chi connectivity index (χ2n) is 11.0. The summed E-state index contributed by atoms with van der Waals surface area (Å²) in [6.07, 6.45) is 13.7. The van der Waals surface area contributed by atoms with Gasteiger partial charge in [-0.05, 0) is 80.5 Å². The average Bonchev–Trinajstić information content (AvgIpc) is 2.84. The van der Waals surface area contributed by atoms with E-state index in [-0.39, 0.29) is 5.41 Å². The lowest BCUT2D eigenvalue weighted by Crippen LogP contribution is -2.58. The summed E-state index contributed by atoms with van der Waals surface area (Å²) in [5.41, 5.74) is 0.254. The van der Waals surface area contributed by atoms with Gasteiger partial charge in [0, 0.05) is 18.0 Å². The predicted molar refractivity (Wildman–Crippen MR) is 104 cm³/mol. The third-order valence-corrected chi connectivity index (χ3v) is 9.71. The Morgan fingerprint density at radius 2 is 1.68 bits per heavy atom. The van der Waals surface area contributed by atoms with Crippen LogP contribution in [0.25, 0.3) is 0 Å². The van der Waals surface area contributed by atoms with Crippen molar-refractivity contribution in [1.82, 2.24) is 5.32 Å². The van der Waals surface area contributed by atoms with Gasteiger partial charge in [0.05, 0.1) is 5.60 Å². The molecule has 0 saturated heterocycles. The molecule has 0 heterocycles. The van der Waals surface area contributed by atoms with Crippen LogP contribution in [0, 0.1) is 34.5 Å². The first-order valence-corrected chi connectivity index (χ1v) is 11.3. The first-order chi connectivity index (χ1) is 11.8. The Labute approximate surface area is 155 Å². The molecule has 4 fully saturated rings. The van der Waals surface area contributed by atoms with Crippen LogP contribution in [-0.4, -0.2) is 23.3 Å². The highest BCUT2D eigenvalue weighted by molar-refractivity contribution is 5.14.